The molecule has 0 spiro atoms. The van der Waals surface area contributed by atoms with Gasteiger partial charge in [0.2, 0.25) is 0 Å². The van der Waals surface area contributed by atoms with Crippen molar-refractivity contribution in [3.8, 4) is 0 Å². The summed E-state index contributed by atoms with van der Waals surface area (Å²) < 4.78 is 12.7. The summed E-state index contributed by atoms with van der Waals surface area (Å²) in [5.41, 5.74) is 0.105. The number of esters is 2. The van der Waals surface area contributed by atoms with Gasteiger partial charge in [-0.3, -0.25) is 9.59 Å². The molecule has 3 atom stereocenters. The predicted octanol–water partition coefficient (Wildman–Crippen LogP) is 2.00. The lowest BCUT2D eigenvalue weighted by atomic mass is 9.87. The fourth-order valence-electron chi connectivity index (χ4n) is 2.61. The third-order valence-electron chi connectivity index (χ3n) is 3.57. The maximum atomic E-state index is 12.5. The van der Waals surface area contributed by atoms with Crippen LogP contribution >= 0.6 is 0 Å². The van der Waals surface area contributed by atoms with E-state index in [2.05, 4.69) is 4.98 Å². The fourth-order valence-corrected chi connectivity index (χ4v) is 2.61. The molecule has 0 N–H and O–H groups in total. The molecule has 0 aromatic carbocycles. The minimum Gasteiger partial charge on any atom is -0.460 e. The van der Waals surface area contributed by atoms with E-state index < -0.39 is 29.5 Å². The number of cyclic esters (lactones) is 1. The van der Waals surface area contributed by atoms with Crippen LogP contribution in [0.1, 0.15) is 45.9 Å². The Balaban J connectivity index is 2.33. The van der Waals surface area contributed by atoms with E-state index in [9.17, 15) is 9.59 Å². The van der Waals surface area contributed by atoms with Crippen LogP contribution < -0.4 is 0 Å². The van der Waals surface area contributed by atoms with Crippen molar-refractivity contribution in [3.63, 3.8) is 0 Å². The average molecular weight is 294 g/mol. The second-order valence-electron chi connectivity index (χ2n) is 6.36. The Hall–Kier alpha value is -1.85. The molecular weight excluding hydrogens is 272 g/mol. The lowest BCUT2D eigenvalue weighted by molar-refractivity contribution is -0.163. The highest BCUT2D eigenvalue weighted by Gasteiger charge is 2.51. The van der Waals surface area contributed by atoms with E-state index in [0.717, 1.165) is 0 Å². The zero-order valence-electron chi connectivity index (χ0n) is 13.1. The maximum absolute atomic E-state index is 12.5. The molecule has 1 aromatic rings. The van der Waals surface area contributed by atoms with Gasteiger partial charge in [0, 0.05) is 7.05 Å². The summed E-state index contributed by atoms with van der Waals surface area (Å²) in [6, 6.07) is 0. The van der Waals surface area contributed by atoms with Crippen LogP contribution in [-0.2, 0) is 26.1 Å². The van der Waals surface area contributed by atoms with E-state index in [1.165, 1.54) is 0 Å². The zero-order valence-corrected chi connectivity index (χ0v) is 13.1. The fraction of sp³-hybridized carbons (Fsp3) is 0.667. The highest BCUT2D eigenvalue weighted by molar-refractivity contribution is 5.86. The van der Waals surface area contributed by atoms with Gasteiger partial charge in [0.05, 0.1) is 24.1 Å². The quantitative estimate of drug-likeness (QED) is 0.797. The van der Waals surface area contributed by atoms with E-state index in [-0.39, 0.29) is 5.97 Å². The van der Waals surface area contributed by atoms with Gasteiger partial charge in [-0.05, 0) is 27.2 Å². The number of nitrogens with zero attached hydrogens (tertiary/aromatic N) is 2. The Morgan fingerprint density at radius 1 is 1.48 bits per heavy atom. The number of hydrogen-bond donors (Lipinski definition) is 0. The van der Waals surface area contributed by atoms with Crippen molar-refractivity contribution in [2.24, 2.45) is 18.9 Å². The summed E-state index contributed by atoms with van der Waals surface area (Å²) >= 11 is 0. The Labute approximate surface area is 124 Å². The molecule has 0 radical (unpaired) electrons. The van der Waals surface area contributed by atoms with Crippen LogP contribution in [-0.4, -0.2) is 27.1 Å². The Bertz CT molecular complexity index is 544. The summed E-state index contributed by atoms with van der Waals surface area (Å²) in [7, 11) is 1.81. The third-order valence-corrected chi connectivity index (χ3v) is 3.57. The van der Waals surface area contributed by atoms with E-state index in [1.807, 2.05) is 34.7 Å². The number of aromatic nitrogens is 2. The summed E-state index contributed by atoms with van der Waals surface area (Å²) in [5, 5.41) is 0. The normalized spacial score (nSPS) is 25.8. The lowest BCUT2D eigenvalue weighted by Gasteiger charge is -2.25. The van der Waals surface area contributed by atoms with Crippen molar-refractivity contribution >= 4 is 11.9 Å². The van der Waals surface area contributed by atoms with Crippen molar-refractivity contribution in [3.05, 3.63) is 18.2 Å². The van der Waals surface area contributed by atoms with Crippen LogP contribution in [0.15, 0.2) is 12.5 Å². The Morgan fingerprint density at radius 3 is 2.62 bits per heavy atom. The smallest absolute Gasteiger partial charge is 0.314 e. The van der Waals surface area contributed by atoms with Gasteiger partial charge < -0.3 is 14.0 Å². The molecule has 21 heavy (non-hydrogen) atoms. The monoisotopic (exact) mass is 294 g/mol. The van der Waals surface area contributed by atoms with Crippen molar-refractivity contribution in [1.82, 2.24) is 9.55 Å². The summed E-state index contributed by atoms with van der Waals surface area (Å²) in [6.45, 7) is 7.29. The first-order valence-electron chi connectivity index (χ1n) is 7.14. The van der Waals surface area contributed by atoms with Gasteiger partial charge >= 0.3 is 11.9 Å². The highest BCUT2D eigenvalue weighted by Crippen LogP contribution is 2.41. The van der Waals surface area contributed by atoms with Gasteiger partial charge in [0.1, 0.15) is 11.5 Å². The minimum absolute atomic E-state index is 0.348. The molecule has 116 valence electrons. The largest absolute Gasteiger partial charge is 0.460 e. The number of rotatable bonds is 3. The van der Waals surface area contributed by atoms with Crippen molar-refractivity contribution < 1.29 is 19.1 Å². The topological polar surface area (TPSA) is 70.4 Å². The first-order chi connectivity index (χ1) is 9.74. The van der Waals surface area contributed by atoms with Gasteiger partial charge in [0.15, 0.2) is 6.10 Å². The second kappa shape index (κ2) is 5.50. The minimum atomic E-state index is -0.634. The third kappa shape index (κ3) is 3.09. The highest BCUT2D eigenvalue weighted by atomic mass is 16.6. The molecule has 0 bridgehead atoms. The first-order valence-corrected chi connectivity index (χ1v) is 7.14. The molecule has 0 amide bonds. The molecule has 6 nitrogen and oxygen atoms in total. The molecule has 2 unspecified atom stereocenters. The van der Waals surface area contributed by atoms with Crippen LogP contribution in [0.5, 0.6) is 0 Å². The predicted molar refractivity (Wildman–Crippen MR) is 75.2 cm³/mol. The summed E-state index contributed by atoms with van der Waals surface area (Å²) in [6.07, 6.45) is 3.14. The molecule has 1 fully saturated rings. The van der Waals surface area contributed by atoms with E-state index in [4.69, 9.17) is 9.47 Å². The molecule has 1 saturated heterocycles. The molecule has 1 aromatic heterocycles. The average Bonchev–Trinajstić information content (AvgIpc) is 2.89. The molecular formula is C15H22N2O4. The second-order valence-corrected chi connectivity index (χ2v) is 6.36. The molecule has 2 rings (SSSR count). The van der Waals surface area contributed by atoms with Crippen LogP contribution in [0.25, 0.3) is 0 Å². The van der Waals surface area contributed by atoms with E-state index in [0.29, 0.717) is 12.1 Å². The number of aryl methyl sites for hydroxylation is 1. The molecule has 1 aliphatic heterocycles. The summed E-state index contributed by atoms with van der Waals surface area (Å²) in [5.74, 6) is -1.84. The summed E-state index contributed by atoms with van der Waals surface area (Å²) in [4.78, 5) is 28.6. The standard InChI is InChI=1S/C15H22N2O4/c1-6-9-11(14(19)21-15(2,3)4)12(20-13(9)18)10-7-16-8-17(10)5/h7-9,11-12H,6H2,1-5H3/t9-,11?,12?/m0/s1. The molecule has 6 heteroatoms. The van der Waals surface area contributed by atoms with Crippen molar-refractivity contribution in [1.29, 1.82) is 0 Å². The molecule has 1 aliphatic rings. The number of imidazole rings is 1. The van der Waals surface area contributed by atoms with Crippen LogP contribution in [0.4, 0.5) is 0 Å². The first kappa shape index (κ1) is 15.5. The SMILES string of the molecule is CC[C@@H]1C(=O)OC(c2cncn2C)C1C(=O)OC(C)(C)C. The van der Waals surface area contributed by atoms with Crippen LogP contribution in [0, 0.1) is 11.8 Å². The number of ether oxygens (including phenoxy) is 2. The van der Waals surface area contributed by atoms with E-state index in [1.54, 1.807) is 17.1 Å². The van der Waals surface area contributed by atoms with Crippen molar-refractivity contribution in [2.75, 3.05) is 0 Å². The zero-order chi connectivity index (χ0) is 15.8. The Kier molecular flexibility index (Phi) is 4.07. The number of hydrogen-bond acceptors (Lipinski definition) is 5. The van der Waals surface area contributed by atoms with Gasteiger partial charge in [-0.25, -0.2) is 4.98 Å². The van der Waals surface area contributed by atoms with Gasteiger partial charge in [-0.1, -0.05) is 6.92 Å². The number of carbonyl (C=O) groups is 2. The van der Waals surface area contributed by atoms with Gasteiger partial charge in [0.25, 0.3) is 0 Å². The van der Waals surface area contributed by atoms with E-state index >= 15 is 0 Å². The molecule has 0 aliphatic carbocycles. The molecule has 0 saturated carbocycles. The van der Waals surface area contributed by atoms with Crippen LogP contribution in [0.3, 0.4) is 0 Å². The van der Waals surface area contributed by atoms with Gasteiger partial charge in [-0.2, -0.15) is 0 Å². The van der Waals surface area contributed by atoms with Crippen molar-refractivity contribution in [2.45, 2.75) is 45.8 Å². The lowest BCUT2D eigenvalue weighted by Crippen LogP contribution is -2.33. The van der Waals surface area contributed by atoms with Gasteiger partial charge in [-0.15, -0.1) is 0 Å². The maximum Gasteiger partial charge on any atom is 0.314 e. The molecule has 2 heterocycles. The van der Waals surface area contributed by atoms with Crippen LogP contribution in [0.2, 0.25) is 0 Å². The Morgan fingerprint density at radius 2 is 2.14 bits per heavy atom. The number of carbonyl (C=O) groups excluding carboxylic acids is 2.